The number of rotatable bonds is 10. The fourth-order valence-electron chi connectivity index (χ4n) is 3.11. The lowest BCUT2D eigenvalue weighted by atomic mass is 10.1. The molecule has 0 atom stereocenters. The van der Waals surface area contributed by atoms with Gasteiger partial charge in [0.1, 0.15) is 11.3 Å². The molecule has 1 amide bonds. The first-order chi connectivity index (χ1) is 14.3. The maximum Gasteiger partial charge on any atom is 0.417 e. The van der Waals surface area contributed by atoms with Crippen LogP contribution < -0.4 is 14.8 Å². The quantitative estimate of drug-likeness (QED) is 0.396. The second-order valence-electron chi connectivity index (χ2n) is 6.99. The van der Waals surface area contributed by atoms with Crippen LogP contribution in [0.3, 0.4) is 0 Å². The van der Waals surface area contributed by atoms with Crippen molar-refractivity contribution in [1.82, 2.24) is 4.98 Å². The molecule has 0 spiro atoms. The number of carbonyl (C=O) groups excluding carboxylic acids is 1. The Morgan fingerprint density at radius 1 is 0.931 bits per heavy atom. The van der Waals surface area contributed by atoms with Crippen molar-refractivity contribution in [3.63, 3.8) is 0 Å². The average Bonchev–Trinajstić information content (AvgIpc) is 2.74. The lowest BCUT2D eigenvalue weighted by molar-refractivity contribution is 0.215. The van der Waals surface area contributed by atoms with E-state index in [1.165, 1.54) is 32.1 Å². The van der Waals surface area contributed by atoms with Crippen molar-refractivity contribution in [2.75, 3.05) is 11.9 Å². The maximum atomic E-state index is 12.2. The van der Waals surface area contributed by atoms with Gasteiger partial charge in [0.2, 0.25) is 0 Å². The molecule has 3 rings (SSSR count). The van der Waals surface area contributed by atoms with Crippen molar-refractivity contribution in [3.8, 4) is 11.5 Å². The molecular formula is C24H28N2O3. The van der Waals surface area contributed by atoms with Crippen LogP contribution in [0.1, 0.15) is 45.4 Å². The van der Waals surface area contributed by atoms with Crippen molar-refractivity contribution < 1.29 is 14.3 Å². The van der Waals surface area contributed by atoms with Gasteiger partial charge >= 0.3 is 6.09 Å². The minimum atomic E-state index is -0.552. The van der Waals surface area contributed by atoms with Crippen LogP contribution in [0.4, 0.5) is 10.5 Å². The van der Waals surface area contributed by atoms with Crippen molar-refractivity contribution in [2.45, 2.75) is 45.4 Å². The molecule has 0 aliphatic rings. The van der Waals surface area contributed by atoms with E-state index in [1.807, 2.05) is 36.4 Å². The smallest absolute Gasteiger partial charge is 0.417 e. The monoisotopic (exact) mass is 392 g/mol. The molecule has 0 saturated heterocycles. The van der Waals surface area contributed by atoms with E-state index in [0.29, 0.717) is 17.0 Å². The number of anilines is 1. The van der Waals surface area contributed by atoms with Crippen LogP contribution in [0.15, 0.2) is 60.8 Å². The van der Waals surface area contributed by atoms with Gasteiger partial charge in [-0.25, -0.2) is 4.79 Å². The van der Waals surface area contributed by atoms with Gasteiger partial charge in [0.25, 0.3) is 0 Å². The highest BCUT2D eigenvalue weighted by Gasteiger charge is 2.09. The zero-order valence-electron chi connectivity index (χ0n) is 16.9. The number of benzene rings is 2. The van der Waals surface area contributed by atoms with Crippen LogP contribution in [0.5, 0.6) is 11.5 Å². The second-order valence-corrected chi connectivity index (χ2v) is 6.99. The van der Waals surface area contributed by atoms with Crippen LogP contribution in [-0.4, -0.2) is 17.7 Å². The molecule has 1 heterocycles. The highest BCUT2D eigenvalue weighted by atomic mass is 16.6. The van der Waals surface area contributed by atoms with Gasteiger partial charge in [-0.1, -0.05) is 57.2 Å². The summed E-state index contributed by atoms with van der Waals surface area (Å²) in [6.07, 6.45) is 8.55. The van der Waals surface area contributed by atoms with E-state index >= 15 is 0 Å². The van der Waals surface area contributed by atoms with Crippen molar-refractivity contribution in [2.24, 2.45) is 0 Å². The van der Waals surface area contributed by atoms with Gasteiger partial charge < -0.3 is 9.47 Å². The Labute approximate surface area is 172 Å². The zero-order chi connectivity index (χ0) is 20.3. The molecule has 1 aromatic heterocycles. The molecular weight excluding hydrogens is 364 g/mol. The number of pyridine rings is 1. The molecule has 152 valence electrons. The van der Waals surface area contributed by atoms with Crippen LogP contribution >= 0.6 is 0 Å². The Morgan fingerprint density at radius 2 is 1.69 bits per heavy atom. The minimum Gasteiger partial charge on any atom is -0.494 e. The summed E-state index contributed by atoms with van der Waals surface area (Å²) in [5, 5.41) is 3.65. The van der Waals surface area contributed by atoms with E-state index in [4.69, 9.17) is 9.47 Å². The molecule has 29 heavy (non-hydrogen) atoms. The number of carbonyl (C=O) groups is 1. The van der Waals surface area contributed by atoms with Gasteiger partial charge in [-0.05, 0) is 42.8 Å². The molecule has 0 unspecified atom stereocenters. The van der Waals surface area contributed by atoms with Gasteiger partial charge in [-0.2, -0.15) is 0 Å². The van der Waals surface area contributed by atoms with Crippen LogP contribution in [-0.2, 0) is 0 Å². The molecule has 0 saturated carbocycles. The number of para-hydroxylation sites is 1. The third-order valence-electron chi connectivity index (χ3n) is 4.67. The molecule has 1 N–H and O–H groups in total. The van der Waals surface area contributed by atoms with Crippen LogP contribution in [0.2, 0.25) is 0 Å². The number of aromatic nitrogens is 1. The number of hydrogen-bond acceptors (Lipinski definition) is 4. The van der Waals surface area contributed by atoms with E-state index < -0.39 is 6.09 Å². The first-order valence-electron chi connectivity index (χ1n) is 10.3. The summed E-state index contributed by atoms with van der Waals surface area (Å²) in [6, 6.07) is 16.6. The topological polar surface area (TPSA) is 60.5 Å². The SMILES string of the molecule is CCCCCCCCOc1ccc(NC(=O)Oc2cccc3cccnc23)cc1. The molecule has 3 aromatic rings. The third kappa shape index (κ3) is 6.49. The number of hydrogen-bond donors (Lipinski definition) is 1. The summed E-state index contributed by atoms with van der Waals surface area (Å²) < 4.78 is 11.2. The van der Waals surface area contributed by atoms with E-state index in [1.54, 1.807) is 24.4 Å². The Morgan fingerprint density at radius 3 is 2.52 bits per heavy atom. The zero-order valence-corrected chi connectivity index (χ0v) is 16.9. The predicted molar refractivity (Wildman–Crippen MR) is 117 cm³/mol. The van der Waals surface area contributed by atoms with Crippen molar-refractivity contribution >= 4 is 22.7 Å². The Balaban J connectivity index is 1.45. The second kappa shape index (κ2) is 11.1. The first-order valence-corrected chi connectivity index (χ1v) is 10.3. The third-order valence-corrected chi connectivity index (χ3v) is 4.67. The van der Waals surface area contributed by atoms with Gasteiger partial charge in [0.15, 0.2) is 5.75 Å². The molecule has 0 bridgehead atoms. The summed E-state index contributed by atoms with van der Waals surface area (Å²) >= 11 is 0. The number of nitrogens with one attached hydrogen (secondary N) is 1. The molecule has 0 radical (unpaired) electrons. The standard InChI is InChI=1S/C24H28N2O3/c1-2-3-4-5-6-7-18-28-21-15-13-20(14-16-21)26-24(27)29-22-12-8-10-19-11-9-17-25-23(19)22/h8-17H,2-7,18H2,1H3,(H,26,27). The van der Waals surface area contributed by atoms with E-state index in [9.17, 15) is 4.79 Å². The fourth-order valence-corrected chi connectivity index (χ4v) is 3.11. The molecule has 0 aliphatic carbocycles. The molecule has 0 fully saturated rings. The van der Waals surface area contributed by atoms with Gasteiger partial charge in [-0.3, -0.25) is 10.3 Å². The average molecular weight is 392 g/mol. The number of amides is 1. The number of ether oxygens (including phenoxy) is 2. The van der Waals surface area contributed by atoms with Gasteiger partial charge in [-0.15, -0.1) is 0 Å². The van der Waals surface area contributed by atoms with E-state index in [0.717, 1.165) is 24.2 Å². The number of fused-ring (bicyclic) bond motifs is 1. The van der Waals surface area contributed by atoms with Crippen LogP contribution in [0.25, 0.3) is 10.9 Å². The number of nitrogens with zero attached hydrogens (tertiary/aromatic N) is 1. The Bertz CT molecular complexity index is 904. The maximum absolute atomic E-state index is 12.2. The van der Waals surface area contributed by atoms with Crippen molar-refractivity contribution in [1.29, 1.82) is 0 Å². The number of unbranched alkanes of at least 4 members (excludes halogenated alkanes) is 5. The first kappa shape index (κ1) is 20.6. The lowest BCUT2D eigenvalue weighted by Gasteiger charge is -2.10. The summed E-state index contributed by atoms with van der Waals surface area (Å²) in [7, 11) is 0. The Hall–Kier alpha value is -3.08. The largest absolute Gasteiger partial charge is 0.494 e. The highest BCUT2D eigenvalue weighted by Crippen LogP contribution is 2.23. The van der Waals surface area contributed by atoms with Gasteiger partial charge in [0, 0.05) is 17.3 Å². The molecule has 5 heteroatoms. The molecule has 2 aromatic carbocycles. The summed E-state index contributed by atoms with van der Waals surface area (Å²) in [4.78, 5) is 16.5. The van der Waals surface area contributed by atoms with Gasteiger partial charge in [0.05, 0.1) is 6.61 Å². The minimum absolute atomic E-state index is 0.430. The van der Waals surface area contributed by atoms with Crippen molar-refractivity contribution in [3.05, 3.63) is 60.8 Å². The predicted octanol–water partition coefficient (Wildman–Crippen LogP) is 6.59. The van der Waals surface area contributed by atoms with E-state index in [2.05, 4.69) is 17.2 Å². The highest BCUT2D eigenvalue weighted by molar-refractivity contribution is 5.91. The van der Waals surface area contributed by atoms with E-state index in [-0.39, 0.29) is 0 Å². The normalized spacial score (nSPS) is 10.7. The molecule has 5 nitrogen and oxygen atoms in total. The Kier molecular flexibility index (Phi) is 7.87. The summed E-state index contributed by atoms with van der Waals surface area (Å²) in [5.41, 5.74) is 1.30. The fraction of sp³-hybridized carbons (Fsp3) is 0.333. The molecule has 0 aliphatic heterocycles. The summed E-state index contributed by atoms with van der Waals surface area (Å²) in [6.45, 7) is 2.94. The summed E-state index contributed by atoms with van der Waals surface area (Å²) in [5.74, 6) is 1.23. The van der Waals surface area contributed by atoms with Crippen LogP contribution in [0, 0.1) is 0 Å². The lowest BCUT2D eigenvalue weighted by Crippen LogP contribution is -2.16.